The van der Waals surface area contributed by atoms with E-state index < -0.39 is 0 Å². The van der Waals surface area contributed by atoms with Crippen LogP contribution in [0.2, 0.25) is 0 Å². The summed E-state index contributed by atoms with van der Waals surface area (Å²) in [5, 5.41) is 3.97. The molecule has 5 heteroatoms. The zero-order valence-electron chi connectivity index (χ0n) is 20.0. The van der Waals surface area contributed by atoms with Crippen molar-refractivity contribution in [3.8, 4) is 0 Å². The number of nitrogens with zero attached hydrogens (tertiary/aromatic N) is 3. The average Bonchev–Trinajstić information content (AvgIpc) is 3.43. The second-order valence-electron chi connectivity index (χ2n) is 9.30. The van der Waals surface area contributed by atoms with Gasteiger partial charge in [0.05, 0.1) is 22.2 Å². The number of benzene rings is 3. The Bertz CT molecular complexity index is 1520. The van der Waals surface area contributed by atoms with E-state index in [0.29, 0.717) is 17.7 Å². The quantitative estimate of drug-likeness (QED) is 0.269. The first kappa shape index (κ1) is 21.0. The van der Waals surface area contributed by atoms with Gasteiger partial charge >= 0.3 is 0 Å². The minimum Gasteiger partial charge on any atom is -0.339 e. The number of carbonyl (C=O) groups is 2. The fourth-order valence-electron chi connectivity index (χ4n) is 5.98. The van der Waals surface area contributed by atoms with Gasteiger partial charge in [-0.2, -0.15) is 0 Å². The maximum absolute atomic E-state index is 13.8. The van der Waals surface area contributed by atoms with Gasteiger partial charge < -0.3 is 9.13 Å². The fourth-order valence-corrected chi connectivity index (χ4v) is 5.98. The Morgan fingerprint density at radius 2 is 1.00 bits per heavy atom. The van der Waals surface area contributed by atoms with Crippen LogP contribution >= 0.6 is 0 Å². The molecule has 0 unspecified atom stereocenters. The summed E-state index contributed by atoms with van der Waals surface area (Å²) < 4.78 is 4.75. The monoisotopic (exact) mass is 451 g/mol. The first-order chi connectivity index (χ1) is 16.6. The summed E-state index contributed by atoms with van der Waals surface area (Å²) in [6, 6.07) is 16.7. The number of aryl methyl sites for hydroxylation is 2. The highest BCUT2D eigenvalue weighted by atomic mass is 16.2. The zero-order chi connectivity index (χ0) is 23.6. The Labute approximate surface area is 198 Å². The molecule has 6 rings (SSSR count). The molecule has 0 saturated carbocycles. The van der Waals surface area contributed by atoms with E-state index in [-0.39, 0.29) is 11.8 Å². The van der Waals surface area contributed by atoms with Crippen LogP contribution < -0.4 is 0 Å². The second-order valence-corrected chi connectivity index (χ2v) is 9.30. The van der Waals surface area contributed by atoms with Crippen LogP contribution in [0, 0.1) is 0 Å². The maximum Gasteiger partial charge on any atom is 0.262 e. The standard InChI is InChI=1S/C29H29N3O2/c1-4-15-30-20-13-9-7-11-18(20)22-24-25(29(34)32(17-6-3)28(24)33)23-19-12-8-10-14-21(19)31(16-5-2)27(23)26(22)30/h7-14H,4-6,15-17H2,1-3H3. The lowest BCUT2D eigenvalue weighted by atomic mass is 9.96. The predicted octanol–water partition coefficient (Wildman–Crippen LogP) is 6.73. The first-order valence-corrected chi connectivity index (χ1v) is 12.5. The molecule has 0 fully saturated rings. The van der Waals surface area contributed by atoms with Crippen molar-refractivity contribution in [3.05, 3.63) is 59.7 Å². The number of aromatic nitrogens is 2. The maximum atomic E-state index is 13.8. The minimum absolute atomic E-state index is 0.152. The molecule has 0 atom stereocenters. The lowest BCUT2D eigenvalue weighted by Gasteiger charge is -2.12. The van der Waals surface area contributed by atoms with Crippen molar-refractivity contribution in [2.75, 3.05) is 6.54 Å². The third-order valence-corrected chi connectivity index (χ3v) is 7.18. The molecule has 5 nitrogen and oxygen atoms in total. The second kappa shape index (κ2) is 7.73. The number of hydrogen-bond donors (Lipinski definition) is 0. The van der Waals surface area contributed by atoms with E-state index in [9.17, 15) is 9.59 Å². The molecule has 0 aliphatic carbocycles. The van der Waals surface area contributed by atoms with E-state index in [1.165, 1.54) is 4.90 Å². The number of fused-ring (bicyclic) bond motifs is 10. The van der Waals surface area contributed by atoms with E-state index in [1.54, 1.807) is 0 Å². The van der Waals surface area contributed by atoms with E-state index in [2.05, 4.69) is 59.4 Å². The van der Waals surface area contributed by atoms with Crippen LogP contribution in [0.1, 0.15) is 60.7 Å². The van der Waals surface area contributed by atoms with Gasteiger partial charge in [0.1, 0.15) is 0 Å². The van der Waals surface area contributed by atoms with Gasteiger partial charge in [-0.15, -0.1) is 0 Å². The molecule has 3 aromatic carbocycles. The van der Waals surface area contributed by atoms with Crippen molar-refractivity contribution in [1.82, 2.24) is 14.0 Å². The Morgan fingerprint density at radius 3 is 1.41 bits per heavy atom. The topological polar surface area (TPSA) is 47.2 Å². The molecule has 5 aromatic rings. The van der Waals surface area contributed by atoms with E-state index in [4.69, 9.17) is 0 Å². The van der Waals surface area contributed by atoms with Crippen LogP contribution in [0.3, 0.4) is 0 Å². The molecule has 172 valence electrons. The largest absolute Gasteiger partial charge is 0.339 e. The summed E-state index contributed by atoms with van der Waals surface area (Å²) in [6.45, 7) is 8.53. The molecule has 0 bridgehead atoms. The summed E-state index contributed by atoms with van der Waals surface area (Å²) in [7, 11) is 0. The van der Waals surface area contributed by atoms with Crippen molar-refractivity contribution in [1.29, 1.82) is 0 Å². The van der Waals surface area contributed by atoms with Crippen LogP contribution in [0.25, 0.3) is 43.6 Å². The fraction of sp³-hybridized carbons (Fsp3) is 0.310. The van der Waals surface area contributed by atoms with Crippen LogP contribution in [0.15, 0.2) is 48.5 Å². The number of imide groups is 1. The molecule has 1 aliphatic rings. The van der Waals surface area contributed by atoms with Crippen molar-refractivity contribution in [2.24, 2.45) is 0 Å². The van der Waals surface area contributed by atoms with Crippen LogP contribution in [0.4, 0.5) is 0 Å². The van der Waals surface area contributed by atoms with E-state index in [1.807, 2.05) is 19.1 Å². The number of para-hydroxylation sites is 2. The third-order valence-electron chi connectivity index (χ3n) is 7.18. The predicted molar refractivity (Wildman–Crippen MR) is 139 cm³/mol. The molecule has 0 spiro atoms. The van der Waals surface area contributed by atoms with Crippen molar-refractivity contribution < 1.29 is 9.59 Å². The summed E-state index contributed by atoms with van der Waals surface area (Å²) >= 11 is 0. The highest BCUT2D eigenvalue weighted by Gasteiger charge is 2.41. The van der Waals surface area contributed by atoms with Gasteiger partial charge in [-0.3, -0.25) is 14.5 Å². The van der Waals surface area contributed by atoms with Gasteiger partial charge in [-0.05, 0) is 31.4 Å². The summed E-state index contributed by atoms with van der Waals surface area (Å²) in [5.74, 6) is -0.305. The molecule has 34 heavy (non-hydrogen) atoms. The molecular weight excluding hydrogens is 422 g/mol. The van der Waals surface area contributed by atoms with Gasteiger partial charge in [0.15, 0.2) is 0 Å². The highest BCUT2D eigenvalue weighted by Crippen LogP contribution is 2.46. The van der Waals surface area contributed by atoms with Crippen LogP contribution in [-0.2, 0) is 13.1 Å². The first-order valence-electron chi connectivity index (χ1n) is 12.5. The van der Waals surface area contributed by atoms with Crippen LogP contribution in [-0.4, -0.2) is 32.4 Å². The summed E-state index contributed by atoms with van der Waals surface area (Å²) in [5.41, 5.74) is 5.59. The number of rotatable bonds is 6. The summed E-state index contributed by atoms with van der Waals surface area (Å²) in [4.78, 5) is 29.1. The van der Waals surface area contributed by atoms with Crippen molar-refractivity contribution >= 4 is 55.4 Å². The Kier molecular flexibility index (Phi) is 4.76. The van der Waals surface area contributed by atoms with Crippen molar-refractivity contribution in [2.45, 2.75) is 53.1 Å². The molecular formula is C29H29N3O2. The van der Waals surface area contributed by atoms with Gasteiger partial charge in [0, 0.05) is 52.2 Å². The third kappa shape index (κ3) is 2.55. The Balaban J connectivity index is 1.96. The minimum atomic E-state index is -0.152. The normalized spacial score (nSPS) is 13.9. The van der Waals surface area contributed by atoms with Gasteiger partial charge in [0.2, 0.25) is 0 Å². The van der Waals surface area contributed by atoms with Gasteiger partial charge in [0.25, 0.3) is 11.8 Å². The number of hydrogen-bond acceptors (Lipinski definition) is 2. The Hall–Kier alpha value is -3.60. The smallest absolute Gasteiger partial charge is 0.262 e. The molecule has 0 N–H and O–H groups in total. The SMILES string of the molecule is CCCN1C(=O)c2c(c3c4ccccc4n(CCC)c3c3c2c2ccccc2n3CCC)C1=O. The molecule has 0 saturated heterocycles. The molecule has 1 aliphatic heterocycles. The molecule has 0 radical (unpaired) electrons. The number of amides is 2. The molecule has 2 aromatic heterocycles. The van der Waals surface area contributed by atoms with Crippen LogP contribution in [0.5, 0.6) is 0 Å². The van der Waals surface area contributed by atoms with E-state index >= 15 is 0 Å². The number of carbonyl (C=O) groups excluding carboxylic acids is 2. The molecule has 2 amide bonds. The van der Waals surface area contributed by atoms with Gasteiger partial charge in [-0.25, -0.2) is 0 Å². The van der Waals surface area contributed by atoms with Crippen molar-refractivity contribution in [3.63, 3.8) is 0 Å². The zero-order valence-corrected chi connectivity index (χ0v) is 20.0. The molecule has 3 heterocycles. The Morgan fingerprint density at radius 1 is 0.588 bits per heavy atom. The summed E-state index contributed by atoms with van der Waals surface area (Å²) in [6.07, 6.45) is 2.71. The highest BCUT2D eigenvalue weighted by molar-refractivity contribution is 6.39. The van der Waals surface area contributed by atoms with Gasteiger partial charge in [-0.1, -0.05) is 57.2 Å². The van der Waals surface area contributed by atoms with E-state index in [0.717, 1.165) is 76.0 Å². The average molecular weight is 452 g/mol. The lowest BCUT2D eigenvalue weighted by molar-refractivity contribution is 0.0655. The lowest BCUT2D eigenvalue weighted by Crippen LogP contribution is -2.30.